The molecule has 0 bridgehead atoms. The third kappa shape index (κ3) is 3.55. The number of hydrogen-bond donors (Lipinski definition) is 1. The standard InChI is InChI=1S/C15H28N2O2S/c18-20(19)10-6-14(7-11-20)17-9-8-16-15(12-17)13-4-2-1-3-5-13/h13-16H,1-12H2. The highest BCUT2D eigenvalue weighted by atomic mass is 32.2. The molecule has 1 unspecified atom stereocenters. The van der Waals surface area contributed by atoms with Gasteiger partial charge in [0, 0.05) is 31.7 Å². The highest BCUT2D eigenvalue weighted by Crippen LogP contribution is 2.29. The molecule has 0 spiro atoms. The molecule has 116 valence electrons. The van der Waals surface area contributed by atoms with Crippen molar-refractivity contribution in [1.82, 2.24) is 10.2 Å². The first-order valence-corrected chi connectivity index (χ1v) is 10.1. The van der Waals surface area contributed by atoms with Crippen LogP contribution in [0.1, 0.15) is 44.9 Å². The van der Waals surface area contributed by atoms with E-state index in [0.29, 0.717) is 23.6 Å². The molecule has 1 aliphatic carbocycles. The summed E-state index contributed by atoms with van der Waals surface area (Å²) in [4.78, 5) is 2.57. The summed E-state index contributed by atoms with van der Waals surface area (Å²) in [6.07, 6.45) is 8.65. The molecule has 0 amide bonds. The van der Waals surface area contributed by atoms with Gasteiger partial charge in [0.05, 0.1) is 11.5 Å². The number of hydrogen-bond acceptors (Lipinski definition) is 4. The monoisotopic (exact) mass is 300 g/mol. The molecule has 3 rings (SSSR count). The second kappa shape index (κ2) is 6.32. The summed E-state index contributed by atoms with van der Waals surface area (Å²) in [5.41, 5.74) is 0. The van der Waals surface area contributed by atoms with Gasteiger partial charge >= 0.3 is 0 Å². The van der Waals surface area contributed by atoms with Gasteiger partial charge in [0.1, 0.15) is 9.84 Å². The fraction of sp³-hybridized carbons (Fsp3) is 1.00. The first kappa shape index (κ1) is 14.8. The zero-order valence-electron chi connectivity index (χ0n) is 12.4. The van der Waals surface area contributed by atoms with Crippen LogP contribution in [0.2, 0.25) is 0 Å². The van der Waals surface area contributed by atoms with Crippen molar-refractivity contribution in [2.75, 3.05) is 31.1 Å². The van der Waals surface area contributed by atoms with Gasteiger partial charge < -0.3 is 5.32 Å². The van der Waals surface area contributed by atoms with E-state index in [1.807, 2.05) is 0 Å². The predicted octanol–water partition coefficient (Wildman–Crippen LogP) is 1.42. The summed E-state index contributed by atoms with van der Waals surface area (Å²) in [5, 5.41) is 3.71. The van der Waals surface area contributed by atoms with Crippen LogP contribution in [0.4, 0.5) is 0 Å². The third-order valence-corrected chi connectivity index (χ3v) is 7.21. The van der Waals surface area contributed by atoms with Crippen LogP contribution in [0.5, 0.6) is 0 Å². The van der Waals surface area contributed by atoms with Crippen molar-refractivity contribution in [3.8, 4) is 0 Å². The molecule has 2 heterocycles. The molecule has 1 atom stereocenters. The van der Waals surface area contributed by atoms with Gasteiger partial charge in [-0.05, 0) is 31.6 Å². The number of piperazine rings is 1. The van der Waals surface area contributed by atoms with Gasteiger partial charge in [0.15, 0.2) is 0 Å². The summed E-state index contributed by atoms with van der Waals surface area (Å²) in [6, 6.07) is 1.15. The molecule has 5 heteroatoms. The molecule has 1 saturated carbocycles. The van der Waals surface area contributed by atoms with E-state index in [4.69, 9.17) is 0 Å². The Kier molecular flexibility index (Phi) is 4.68. The normalized spacial score (nSPS) is 34.1. The lowest BCUT2D eigenvalue weighted by Crippen LogP contribution is -2.57. The van der Waals surface area contributed by atoms with Gasteiger partial charge in [0.2, 0.25) is 0 Å². The maximum atomic E-state index is 11.6. The SMILES string of the molecule is O=S1(=O)CCC(N2CCNC(C3CCCCC3)C2)CC1. The largest absolute Gasteiger partial charge is 0.311 e. The van der Waals surface area contributed by atoms with Crippen molar-refractivity contribution in [3.05, 3.63) is 0 Å². The van der Waals surface area contributed by atoms with Gasteiger partial charge in [-0.1, -0.05) is 19.3 Å². The zero-order valence-corrected chi connectivity index (χ0v) is 13.2. The minimum Gasteiger partial charge on any atom is -0.311 e. The zero-order chi connectivity index (χ0) is 14.0. The molecular weight excluding hydrogens is 272 g/mol. The molecule has 0 radical (unpaired) electrons. The van der Waals surface area contributed by atoms with Crippen molar-refractivity contribution >= 4 is 9.84 Å². The Labute approximate surface area is 123 Å². The molecule has 3 aliphatic rings. The topological polar surface area (TPSA) is 49.4 Å². The molecule has 20 heavy (non-hydrogen) atoms. The summed E-state index contributed by atoms with van der Waals surface area (Å²) in [6.45, 7) is 3.30. The lowest BCUT2D eigenvalue weighted by atomic mass is 9.83. The second-order valence-electron chi connectivity index (χ2n) is 6.84. The Hall–Kier alpha value is -0.130. The molecule has 0 aromatic carbocycles. The van der Waals surface area contributed by atoms with Crippen molar-refractivity contribution in [2.24, 2.45) is 5.92 Å². The van der Waals surface area contributed by atoms with E-state index in [-0.39, 0.29) is 0 Å². The van der Waals surface area contributed by atoms with E-state index in [1.54, 1.807) is 0 Å². The first-order chi connectivity index (χ1) is 9.64. The maximum absolute atomic E-state index is 11.6. The molecule has 3 fully saturated rings. The number of nitrogens with one attached hydrogen (secondary N) is 1. The lowest BCUT2D eigenvalue weighted by molar-refractivity contribution is 0.103. The van der Waals surface area contributed by atoms with Gasteiger partial charge in [-0.25, -0.2) is 8.42 Å². The summed E-state index contributed by atoms with van der Waals surface area (Å²) in [5.74, 6) is 1.64. The predicted molar refractivity (Wildman–Crippen MR) is 81.6 cm³/mol. The summed E-state index contributed by atoms with van der Waals surface area (Å²) in [7, 11) is -2.73. The van der Waals surface area contributed by atoms with Crippen molar-refractivity contribution in [3.63, 3.8) is 0 Å². The van der Waals surface area contributed by atoms with Crippen molar-refractivity contribution < 1.29 is 8.42 Å². The van der Waals surface area contributed by atoms with E-state index in [9.17, 15) is 8.42 Å². The van der Waals surface area contributed by atoms with Crippen LogP contribution in [0, 0.1) is 5.92 Å². The van der Waals surface area contributed by atoms with Crippen LogP contribution in [0.15, 0.2) is 0 Å². The second-order valence-corrected chi connectivity index (χ2v) is 9.14. The van der Waals surface area contributed by atoms with Crippen LogP contribution >= 0.6 is 0 Å². The molecule has 4 nitrogen and oxygen atoms in total. The quantitative estimate of drug-likeness (QED) is 0.838. The van der Waals surface area contributed by atoms with Gasteiger partial charge in [0.25, 0.3) is 0 Å². The number of rotatable bonds is 2. The summed E-state index contributed by atoms with van der Waals surface area (Å²) < 4.78 is 23.1. The lowest BCUT2D eigenvalue weighted by Gasteiger charge is -2.43. The molecule has 0 aromatic rings. The first-order valence-electron chi connectivity index (χ1n) is 8.32. The molecule has 2 aliphatic heterocycles. The van der Waals surface area contributed by atoms with Gasteiger partial charge in [-0.2, -0.15) is 0 Å². The van der Waals surface area contributed by atoms with Crippen LogP contribution < -0.4 is 5.32 Å². The Bertz CT molecular complexity index is 404. The molecule has 2 saturated heterocycles. The highest BCUT2D eigenvalue weighted by Gasteiger charge is 2.33. The number of nitrogens with zero attached hydrogens (tertiary/aromatic N) is 1. The smallest absolute Gasteiger partial charge is 0.150 e. The summed E-state index contributed by atoms with van der Waals surface area (Å²) >= 11 is 0. The Morgan fingerprint density at radius 2 is 1.65 bits per heavy atom. The van der Waals surface area contributed by atoms with Crippen molar-refractivity contribution in [2.45, 2.75) is 57.0 Å². The van der Waals surface area contributed by atoms with Crippen LogP contribution in [0.3, 0.4) is 0 Å². The molecule has 0 aromatic heterocycles. The average molecular weight is 300 g/mol. The van der Waals surface area contributed by atoms with Gasteiger partial charge in [-0.3, -0.25) is 4.90 Å². The number of sulfone groups is 1. The fourth-order valence-corrected chi connectivity index (χ4v) is 5.70. The maximum Gasteiger partial charge on any atom is 0.150 e. The van der Waals surface area contributed by atoms with E-state index >= 15 is 0 Å². The van der Waals surface area contributed by atoms with E-state index in [0.717, 1.165) is 38.4 Å². The van der Waals surface area contributed by atoms with Gasteiger partial charge in [-0.15, -0.1) is 0 Å². The Morgan fingerprint density at radius 3 is 2.35 bits per heavy atom. The minimum atomic E-state index is -2.73. The van der Waals surface area contributed by atoms with Crippen LogP contribution in [0.25, 0.3) is 0 Å². The van der Waals surface area contributed by atoms with Crippen LogP contribution in [-0.2, 0) is 9.84 Å². The van der Waals surface area contributed by atoms with Crippen molar-refractivity contribution in [1.29, 1.82) is 0 Å². The van der Waals surface area contributed by atoms with E-state index in [2.05, 4.69) is 10.2 Å². The highest BCUT2D eigenvalue weighted by molar-refractivity contribution is 7.91. The van der Waals surface area contributed by atoms with Crippen LogP contribution in [-0.4, -0.2) is 56.5 Å². The Balaban J connectivity index is 1.55. The molecule has 1 N–H and O–H groups in total. The van der Waals surface area contributed by atoms with E-state index in [1.165, 1.54) is 32.1 Å². The Morgan fingerprint density at radius 1 is 0.950 bits per heavy atom. The minimum absolute atomic E-state index is 0.399. The average Bonchev–Trinajstić information content (AvgIpc) is 2.48. The fourth-order valence-electron chi connectivity index (χ4n) is 4.23. The third-order valence-electron chi connectivity index (χ3n) is 5.50. The molecular formula is C15H28N2O2S. The van der Waals surface area contributed by atoms with E-state index < -0.39 is 9.84 Å².